The molecule has 35 heavy (non-hydrogen) atoms. The summed E-state index contributed by atoms with van der Waals surface area (Å²) in [6, 6.07) is 14.5. The fraction of sp³-hybridized carbons (Fsp3) is 0.500. The maximum Gasteiger partial charge on any atom is 0.231 e. The van der Waals surface area contributed by atoms with Crippen LogP contribution in [0.15, 0.2) is 42.5 Å². The first kappa shape index (κ1) is 23.7. The first-order valence-electron chi connectivity index (χ1n) is 12.8. The highest BCUT2D eigenvalue weighted by molar-refractivity contribution is 5.94. The van der Waals surface area contributed by atoms with Crippen LogP contribution in [0.5, 0.6) is 11.5 Å². The van der Waals surface area contributed by atoms with Gasteiger partial charge in [0.15, 0.2) is 11.5 Å². The molecule has 1 saturated heterocycles. The minimum Gasteiger partial charge on any atom is -0.454 e. The van der Waals surface area contributed by atoms with Crippen molar-refractivity contribution in [1.82, 2.24) is 9.80 Å². The number of piperidine rings is 1. The third-order valence-corrected chi connectivity index (χ3v) is 7.74. The summed E-state index contributed by atoms with van der Waals surface area (Å²) in [5.74, 6) is 1.63. The molecule has 0 saturated carbocycles. The maximum absolute atomic E-state index is 13.7. The summed E-state index contributed by atoms with van der Waals surface area (Å²) in [4.78, 5) is 33.1. The number of nitrogens with zero attached hydrogens (tertiary/aromatic N) is 3. The number of fused-ring (bicyclic) bond motifs is 4. The number of para-hydroxylation sites is 1. The first-order valence-corrected chi connectivity index (χ1v) is 12.8. The standard InChI is InChI=1S/C28H35N3O4/c1-3-27(32)31-14-13-22-8-6-9-23(29(22)2)18-30(17-21-7-4-5-10-24(21)31)28(33)16-20-11-12-25-26(15-20)35-19-34-25/h4-5,7,10-12,15,22-23H,3,6,8-9,13-14,16-19H2,1-2H3. The summed E-state index contributed by atoms with van der Waals surface area (Å²) in [7, 11) is 2.19. The molecule has 2 aromatic carbocycles. The van der Waals surface area contributed by atoms with E-state index >= 15 is 0 Å². The molecule has 2 aromatic rings. The summed E-state index contributed by atoms with van der Waals surface area (Å²) in [5, 5.41) is 0. The van der Waals surface area contributed by atoms with E-state index in [0.717, 1.165) is 48.2 Å². The number of hydrogen-bond acceptors (Lipinski definition) is 5. The van der Waals surface area contributed by atoms with Crippen molar-refractivity contribution in [2.24, 2.45) is 0 Å². The summed E-state index contributed by atoms with van der Waals surface area (Å²) in [6.45, 7) is 4.02. The van der Waals surface area contributed by atoms with E-state index in [2.05, 4.69) is 18.0 Å². The fourth-order valence-corrected chi connectivity index (χ4v) is 5.67. The van der Waals surface area contributed by atoms with Crippen LogP contribution in [0, 0.1) is 0 Å². The topological polar surface area (TPSA) is 62.3 Å². The second-order valence-corrected chi connectivity index (χ2v) is 9.86. The molecule has 5 rings (SSSR count). The Morgan fingerprint density at radius 1 is 0.971 bits per heavy atom. The van der Waals surface area contributed by atoms with E-state index in [-0.39, 0.29) is 18.6 Å². The van der Waals surface area contributed by atoms with Gasteiger partial charge in [-0.2, -0.15) is 0 Å². The van der Waals surface area contributed by atoms with Crippen LogP contribution in [0.1, 0.15) is 50.2 Å². The van der Waals surface area contributed by atoms with Gasteiger partial charge in [0.25, 0.3) is 0 Å². The van der Waals surface area contributed by atoms with Gasteiger partial charge in [-0.05, 0) is 55.6 Å². The number of amides is 2. The molecule has 186 valence electrons. The number of rotatable bonds is 3. The lowest BCUT2D eigenvalue weighted by Gasteiger charge is -2.42. The number of anilines is 1. The van der Waals surface area contributed by atoms with E-state index in [4.69, 9.17) is 9.47 Å². The van der Waals surface area contributed by atoms with E-state index in [1.165, 1.54) is 0 Å². The Hall–Kier alpha value is -3.06. The quantitative estimate of drug-likeness (QED) is 0.669. The molecule has 0 spiro atoms. The van der Waals surface area contributed by atoms with Crippen molar-refractivity contribution in [3.63, 3.8) is 0 Å². The number of ether oxygens (including phenoxy) is 2. The molecule has 7 heteroatoms. The molecule has 3 aliphatic heterocycles. The molecule has 1 fully saturated rings. The predicted molar refractivity (Wildman–Crippen MR) is 135 cm³/mol. The van der Waals surface area contributed by atoms with Gasteiger partial charge >= 0.3 is 0 Å². The average molecular weight is 478 g/mol. The molecule has 2 bridgehead atoms. The lowest BCUT2D eigenvalue weighted by Crippen LogP contribution is -2.51. The third-order valence-electron chi connectivity index (χ3n) is 7.74. The van der Waals surface area contributed by atoms with E-state index in [9.17, 15) is 9.59 Å². The molecule has 0 aliphatic carbocycles. The molecule has 0 aromatic heterocycles. The zero-order chi connectivity index (χ0) is 24.4. The largest absolute Gasteiger partial charge is 0.454 e. The highest BCUT2D eigenvalue weighted by Gasteiger charge is 2.32. The van der Waals surface area contributed by atoms with Gasteiger partial charge in [-0.1, -0.05) is 37.6 Å². The second-order valence-electron chi connectivity index (χ2n) is 9.86. The monoisotopic (exact) mass is 477 g/mol. The van der Waals surface area contributed by atoms with Crippen molar-refractivity contribution in [1.29, 1.82) is 0 Å². The van der Waals surface area contributed by atoms with Crippen LogP contribution < -0.4 is 14.4 Å². The molecule has 0 radical (unpaired) electrons. The van der Waals surface area contributed by atoms with E-state index < -0.39 is 0 Å². The van der Waals surface area contributed by atoms with Gasteiger partial charge in [-0.3, -0.25) is 14.5 Å². The van der Waals surface area contributed by atoms with Crippen molar-refractivity contribution in [2.45, 2.75) is 64.1 Å². The highest BCUT2D eigenvalue weighted by atomic mass is 16.7. The van der Waals surface area contributed by atoms with E-state index in [1.54, 1.807) is 0 Å². The van der Waals surface area contributed by atoms with Crippen LogP contribution in [0.3, 0.4) is 0 Å². The Labute approximate surface area is 207 Å². The van der Waals surface area contributed by atoms with Crippen LogP contribution in [0.4, 0.5) is 5.69 Å². The van der Waals surface area contributed by atoms with Gasteiger partial charge < -0.3 is 19.3 Å². The van der Waals surface area contributed by atoms with Crippen LogP contribution in [-0.4, -0.2) is 60.6 Å². The molecular formula is C28H35N3O4. The summed E-state index contributed by atoms with van der Waals surface area (Å²) in [5.41, 5.74) is 2.87. The highest BCUT2D eigenvalue weighted by Crippen LogP contribution is 2.33. The number of carbonyl (C=O) groups excluding carboxylic acids is 2. The lowest BCUT2D eigenvalue weighted by molar-refractivity contribution is -0.132. The van der Waals surface area contributed by atoms with Gasteiger partial charge in [0, 0.05) is 43.8 Å². The number of benzene rings is 2. The van der Waals surface area contributed by atoms with Crippen LogP contribution >= 0.6 is 0 Å². The predicted octanol–water partition coefficient (Wildman–Crippen LogP) is 3.99. The molecule has 2 atom stereocenters. The molecular weight excluding hydrogens is 442 g/mol. The molecule has 3 heterocycles. The van der Waals surface area contributed by atoms with Gasteiger partial charge in [-0.25, -0.2) is 0 Å². The van der Waals surface area contributed by atoms with Crippen LogP contribution in [0.25, 0.3) is 0 Å². The summed E-state index contributed by atoms with van der Waals surface area (Å²) < 4.78 is 10.9. The minimum absolute atomic E-state index is 0.0850. The Balaban J connectivity index is 1.47. The molecule has 7 nitrogen and oxygen atoms in total. The SMILES string of the molecule is CCC(=O)N1CCC2CCCC(CN(C(=O)Cc3ccc4c(c3)OCO4)Cc3ccccc31)N2C. The Bertz CT molecular complexity index is 1090. The van der Waals surface area contributed by atoms with Crippen molar-refractivity contribution >= 4 is 17.5 Å². The van der Waals surface area contributed by atoms with Gasteiger partial charge in [-0.15, -0.1) is 0 Å². The zero-order valence-electron chi connectivity index (χ0n) is 20.7. The third kappa shape index (κ3) is 5.01. The van der Waals surface area contributed by atoms with Gasteiger partial charge in [0.2, 0.25) is 18.6 Å². The first-order chi connectivity index (χ1) is 17.0. The summed E-state index contributed by atoms with van der Waals surface area (Å²) >= 11 is 0. The van der Waals surface area contributed by atoms with E-state index in [0.29, 0.717) is 50.3 Å². The smallest absolute Gasteiger partial charge is 0.231 e. The number of carbonyl (C=O) groups is 2. The second kappa shape index (κ2) is 10.3. The molecule has 0 N–H and O–H groups in total. The maximum atomic E-state index is 13.7. The lowest BCUT2D eigenvalue weighted by atomic mass is 9.93. The van der Waals surface area contributed by atoms with Crippen molar-refractivity contribution in [2.75, 3.05) is 31.8 Å². The van der Waals surface area contributed by atoms with Crippen molar-refractivity contribution in [3.8, 4) is 11.5 Å². The van der Waals surface area contributed by atoms with E-state index in [1.807, 2.05) is 53.1 Å². The number of hydrogen-bond donors (Lipinski definition) is 0. The molecule has 3 aliphatic rings. The Kier molecular flexibility index (Phi) is 6.95. The molecule has 2 amide bonds. The van der Waals surface area contributed by atoms with Crippen molar-refractivity contribution < 1.29 is 19.1 Å². The van der Waals surface area contributed by atoms with Crippen LogP contribution in [-0.2, 0) is 22.6 Å². The fourth-order valence-electron chi connectivity index (χ4n) is 5.67. The van der Waals surface area contributed by atoms with Gasteiger partial charge in [0.05, 0.1) is 6.42 Å². The van der Waals surface area contributed by atoms with Crippen molar-refractivity contribution in [3.05, 3.63) is 53.6 Å². The summed E-state index contributed by atoms with van der Waals surface area (Å²) in [6.07, 6.45) is 5.07. The normalized spacial score (nSPS) is 22.3. The number of likely N-dealkylation sites (N-methyl/N-ethyl adjacent to an activating group) is 1. The van der Waals surface area contributed by atoms with Crippen LogP contribution in [0.2, 0.25) is 0 Å². The Morgan fingerprint density at radius 3 is 2.63 bits per heavy atom. The average Bonchev–Trinajstić information content (AvgIpc) is 3.33. The Morgan fingerprint density at radius 2 is 1.77 bits per heavy atom. The zero-order valence-corrected chi connectivity index (χ0v) is 20.7. The van der Waals surface area contributed by atoms with Gasteiger partial charge in [0.1, 0.15) is 0 Å². The minimum atomic E-state index is 0.0850. The molecule has 2 unspecified atom stereocenters.